The summed E-state index contributed by atoms with van der Waals surface area (Å²) in [4.78, 5) is 30.1. The van der Waals surface area contributed by atoms with Gasteiger partial charge in [-0.25, -0.2) is 9.59 Å². The van der Waals surface area contributed by atoms with Gasteiger partial charge in [-0.15, -0.1) is 0 Å². The molecule has 1 amide bonds. The fourth-order valence-electron chi connectivity index (χ4n) is 5.77. The Hall–Kier alpha value is -4.78. The van der Waals surface area contributed by atoms with Gasteiger partial charge in [0.1, 0.15) is 6.61 Å². The van der Waals surface area contributed by atoms with Gasteiger partial charge in [0.15, 0.2) is 5.60 Å². The number of ether oxygens (including phenoxy) is 2. The van der Waals surface area contributed by atoms with E-state index in [1.807, 2.05) is 24.3 Å². The van der Waals surface area contributed by atoms with Crippen LogP contribution in [0.2, 0.25) is 0 Å². The van der Waals surface area contributed by atoms with Crippen molar-refractivity contribution in [2.75, 3.05) is 49.1 Å². The van der Waals surface area contributed by atoms with E-state index in [0.29, 0.717) is 5.57 Å². The molecule has 4 aromatic rings. The molecule has 0 saturated carbocycles. The molecule has 45 heavy (non-hydrogen) atoms. The molecule has 4 aromatic carbocycles. The molecule has 4 rings (SSSR count). The number of nitrogens with zero attached hydrogens (tertiary/aromatic N) is 2. The smallest absolute Gasteiger partial charge is 0.408 e. The molecule has 0 saturated heterocycles. The first-order chi connectivity index (χ1) is 21.8. The van der Waals surface area contributed by atoms with Crippen LogP contribution in [0, 0.1) is 0 Å². The topological polar surface area (TPSA) is 71.1 Å². The number of amides is 1. The van der Waals surface area contributed by atoms with Crippen LogP contribution in [0.5, 0.6) is 0 Å². The second-order valence-electron chi connectivity index (χ2n) is 10.9. The summed E-state index contributed by atoms with van der Waals surface area (Å²) in [5.74, 6) is -0.503. The number of anilines is 2. The average Bonchev–Trinajstić information content (AvgIpc) is 3.07. The number of carbonyl (C=O) groups is 2. The van der Waals surface area contributed by atoms with Crippen LogP contribution in [0.3, 0.4) is 0 Å². The summed E-state index contributed by atoms with van der Waals surface area (Å²) < 4.78 is 11.8. The molecule has 0 spiro atoms. The van der Waals surface area contributed by atoms with Crippen molar-refractivity contribution in [3.05, 3.63) is 120 Å². The van der Waals surface area contributed by atoms with Crippen LogP contribution < -0.4 is 15.1 Å². The molecule has 236 valence electrons. The predicted molar refractivity (Wildman–Crippen MR) is 184 cm³/mol. The molecule has 7 nitrogen and oxygen atoms in total. The number of nitrogens with one attached hydrogen (secondary N) is 1. The summed E-state index contributed by atoms with van der Waals surface area (Å²) >= 11 is 0. The molecule has 0 aliphatic rings. The lowest BCUT2D eigenvalue weighted by atomic mass is 9.78. The molecule has 0 unspecified atom stereocenters. The van der Waals surface area contributed by atoms with E-state index in [1.54, 1.807) is 6.92 Å². The molecule has 0 aromatic heterocycles. The summed E-state index contributed by atoms with van der Waals surface area (Å²) in [6, 6.07) is 30.8. The van der Waals surface area contributed by atoms with Crippen LogP contribution >= 0.6 is 0 Å². The van der Waals surface area contributed by atoms with E-state index < -0.39 is 17.7 Å². The number of alkyl carbamates (subject to hydrolysis) is 1. The first kappa shape index (κ1) is 33.1. The van der Waals surface area contributed by atoms with Crippen LogP contribution in [0.15, 0.2) is 103 Å². The summed E-state index contributed by atoms with van der Waals surface area (Å²) in [5, 5.41) is 4.81. The van der Waals surface area contributed by atoms with Crippen LogP contribution in [-0.2, 0) is 19.9 Å². The van der Waals surface area contributed by atoms with Crippen molar-refractivity contribution in [2.45, 2.75) is 40.2 Å². The Balaban J connectivity index is 1.89. The predicted octanol–water partition coefficient (Wildman–Crippen LogP) is 7.67. The lowest BCUT2D eigenvalue weighted by molar-refractivity contribution is -0.138. The van der Waals surface area contributed by atoms with Crippen molar-refractivity contribution in [1.29, 1.82) is 0 Å². The lowest BCUT2D eigenvalue weighted by Crippen LogP contribution is -2.40. The molecule has 0 fully saturated rings. The van der Waals surface area contributed by atoms with Crippen molar-refractivity contribution in [3.63, 3.8) is 0 Å². The van der Waals surface area contributed by atoms with Gasteiger partial charge in [-0.2, -0.15) is 0 Å². The Bertz CT molecular complexity index is 1530. The first-order valence-corrected chi connectivity index (χ1v) is 15.8. The molecule has 1 N–H and O–H groups in total. The lowest BCUT2D eigenvalue weighted by Gasteiger charge is -2.36. The molecule has 7 heteroatoms. The summed E-state index contributed by atoms with van der Waals surface area (Å²) in [6.45, 7) is 17.3. The van der Waals surface area contributed by atoms with Crippen LogP contribution in [0.1, 0.15) is 51.3 Å². The van der Waals surface area contributed by atoms with Crippen molar-refractivity contribution in [2.24, 2.45) is 0 Å². The van der Waals surface area contributed by atoms with Gasteiger partial charge < -0.3 is 24.6 Å². The number of fused-ring (bicyclic) bond motifs is 1. The molecule has 0 aliphatic carbocycles. The zero-order valence-electron chi connectivity index (χ0n) is 27.1. The molecule has 0 aliphatic heterocycles. The summed E-state index contributed by atoms with van der Waals surface area (Å²) in [6.07, 6.45) is -0.630. The van der Waals surface area contributed by atoms with Gasteiger partial charge in [0.2, 0.25) is 0 Å². The Morgan fingerprint density at radius 3 is 1.76 bits per heavy atom. The van der Waals surface area contributed by atoms with Crippen LogP contribution in [-0.4, -0.2) is 51.4 Å². The molecule has 0 radical (unpaired) electrons. The number of hydrogen-bond donors (Lipinski definition) is 1. The Labute approximate surface area is 267 Å². The minimum atomic E-state index is -1.30. The highest BCUT2D eigenvalue weighted by atomic mass is 16.6. The second-order valence-corrected chi connectivity index (χ2v) is 10.9. The third-order valence-corrected chi connectivity index (χ3v) is 8.17. The van der Waals surface area contributed by atoms with E-state index in [2.05, 4.69) is 116 Å². The SMILES string of the molecule is C=C(C)C(=O)OCCNC(=O)OC(c1ccc(N(CC)CC)cc1)(c1ccc(N(CC)CC)cc1)c1cccc2ccccc12. The number of rotatable bonds is 14. The van der Waals surface area contributed by atoms with Crippen molar-refractivity contribution >= 4 is 34.2 Å². The quantitative estimate of drug-likeness (QED) is 0.0687. The highest BCUT2D eigenvalue weighted by Gasteiger charge is 2.42. The first-order valence-electron chi connectivity index (χ1n) is 15.8. The van der Waals surface area contributed by atoms with Crippen molar-refractivity contribution in [1.82, 2.24) is 5.32 Å². The second kappa shape index (κ2) is 15.3. The maximum atomic E-state index is 13.7. The zero-order valence-corrected chi connectivity index (χ0v) is 27.1. The van der Waals surface area contributed by atoms with E-state index >= 15 is 0 Å². The highest BCUT2D eigenvalue weighted by molar-refractivity contribution is 5.88. The fraction of sp³-hybridized carbons (Fsp3) is 0.316. The van der Waals surface area contributed by atoms with Crippen molar-refractivity contribution in [3.8, 4) is 0 Å². The maximum Gasteiger partial charge on any atom is 0.408 e. The van der Waals surface area contributed by atoms with Gasteiger partial charge >= 0.3 is 12.1 Å². The molecular weight excluding hydrogens is 562 g/mol. The van der Waals surface area contributed by atoms with Crippen LogP contribution in [0.4, 0.5) is 16.2 Å². The Morgan fingerprint density at radius 2 is 1.24 bits per heavy atom. The van der Waals surface area contributed by atoms with E-state index in [1.165, 1.54) is 0 Å². The fourth-order valence-corrected chi connectivity index (χ4v) is 5.77. The summed E-state index contributed by atoms with van der Waals surface area (Å²) in [7, 11) is 0. The number of esters is 1. The zero-order chi connectivity index (χ0) is 32.4. The molecule has 0 heterocycles. The largest absolute Gasteiger partial charge is 0.460 e. The molecular formula is C38H45N3O4. The van der Waals surface area contributed by atoms with Gasteiger partial charge in [-0.1, -0.05) is 73.3 Å². The number of carbonyl (C=O) groups excluding carboxylic acids is 2. The van der Waals surface area contributed by atoms with E-state index in [9.17, 15) is 9.59 Å². The Kier molecular flexibility index (Phi) is 11.3. The summed E-state index contributed by atoms with van der Waals surface area (Å²) in [5.41, 5.74) is 3.66. The minimum Gasteiger partial charge on any atom is -0.460 e. The van der Waals surface area contributed by atoms with Gasteiger partial charge in [-0.3, -0.25) is 0 Å². The average molecular weight is 608 g/mol. The monoisotopic (exact) mass is 607 g/mol. The van der Waals surface area contributed by atoms with Gasteiger partial charge in [0.25, 0.3) is 0 Å². The third-order valence-electron chi connectivity index (χ3n) is 8.17. The van der Waals surface area contributed by atoms with Gasteiger partial charge in [0.05, 0.1) is 6.54 Å². The van der Waals surface area contributed by atoms with Gasteiger partial charge in [0, 0.05) is 59.8 Å². The molecule has 0 bridgehead atoms. The normalized spacial score (nSPS) is 11.1. The maximum absolute atomic E-state index is 13.7. The van der Waals surface area contributed by atoms with E-state index in [4.69, 9.17) is 9.47 Å². The number of hydrogen-bond acceptors (Lipinski definition) is 6. The third kappa shape index (κ3) is 7.31. The molecule has 0 atom stereocenters. The number of benzene rings is 4. The van der Waals surface area contributed by atoms with Gasteiger partial charge in [-0.05, 0) is 69.7 Å². The Morgan fingerprint density at radius 1 is 0.733 bits per heavy atom. The van der Waals surface area contributed by atoms with E-state index in [0.717, 1.165) is 65.0 Å². The minimum absolute atomic E-state index is 0.000798. The van der Waals surface area contributed by atoms with Crippen molar-refractivity contribution < 1.29 is 19.1 Å². The standard InChI is InChI=1S/C38H45N3O4/c1-7-40(8-2)32-22-18-30(19-23-32)38(31-20-24-33(25-21-31)41(9-3)10-4,35-17-13-15-29-14-11-12-16-34(29)35)45-37(43)39-26-27-44-36(42)28(5)6/h11-25H,5,7-10,26-27H2,1-4,6H3,(H,39,43). The van der Waals surface area contributed by atoms with Crippen LogP contribution in [0.25, 0.3) is 10.8 Å². The highest BCUT2D eigenvalue weighted by Crippen LogP contribution is 2.44. The van der Waals surface area contributed by atoms with E-state index in [-0.39, 0.29) is 13.2 Å².